The molecule has 0 aliphatic heterocycles. The minimum atomic E-state index is -0.376. The van der Waals surface area contributed by atoms with Crippen LogP contribution < -0.4 is 10.6 Å². The predicted octanol–water partition coefficient (Wildman–Crippen LogP) is 7.07. The Kier molecular flexibility index (Phi) is 11.3. The molecule has 2 N–H and O–H groups in total. The molecule has 30 heavy (non-hydrogen) atoms. The first-order chi connectivity index (χ1) is 14.6. The first-order valence-electron chi connectivity index (χ1n) is 10.6. The lowest BCUT2D eigenvalue weighted by atomic mass is 10.1. The monoisotopic (exact) mass is 452 g/mol. The van der Waals surface area contributed by atoms with Crippen LogP contribution in [-0.4, -0.2) is 25.4 Å². The van der Waals surface area contributed by atoms with E-state index in [1.165, 1.54) is 33.8 Å². The largest absolute Gasteiger partial charge is 0.449 e. The highest BCUT2D eigenvalue weighted by Gasteiger charge is 2.10. The molecule has 0 saturated carbocycles. The summed E-state index contributed by atoms with van der Waals surface area (Å²) in [4.78, 5) is 23.5. The van der Waals surface area contributed by atoms with E-state index in [1.807, 2.05) is 24.6 Å². The zero-order valence-electron chi connectivity index (χ0n) is 17.8. The average molecular weight is 453 g/mol. The quantitative estimate of drug-likeness (QED) is 0.319. The number of hydrogen-bond acceptors (Lipinski definition) is 6. The Bertz CT molecular complexity index is 709. The van der Waals surface area contributed by atoms with Gasteiger partial charge in [0.05, 0.1) is 13.2 Å². The molecule has 2 heterocycles. The molecule has 0 aromatic carbocycles. The van der Waals surface area contributed by atoms with Crippen molar-refractivity contribution in [1.82, 2.24) is 0 Å². The Morgan fingerprint density at radius 3 is 1.60 bits per heavy atom. The van der Waals surface area contributed by atoms with Crippen molar-refractivity contribution in [3.05, 3.63) is 34.0 Å². The molecule has 0 fully saturated rings. The summed E-state index contributed by atoms with van der Waals surface area (Å²) in [7, 11) is 0. The third kappa shape index (κ3) is 8.75. The summed E-state index contributed by atoms with van der Waals surface area (Å²) in [6, 6.07) is 4.14. The molecule has 166 valence electrons. The number of hydrogen-bond donors (Lipinski definition) is 2. The fourth-order valence-corrected chi connectivity index (χ4v) is 4.58. The summed E-state index contributed by atoms with van der Waals surface area (Å²) in [6.45, 7) is 4.82. The Labute approximate surface area is 187 Å². The molecular weight excluding hydrogens is 420 g/mol. The van der Waals surface area contributed by atoms with Crippen molar-refractivity contribution in [3.63, 3.8) is 0 Å². The van der Waals surface area contributed by atoms with Crippen LogP contribution in [0.15, 0.2) is 22.9 Å². The Hall–Kier alpha value is -2.06. The molecule has 2 rings (SSSR count). The predicted molar refractivity (Wildman–Crippen MR) is 125 cm³/mol. The maximum atomic E-state index is 11.7. The van der Waals surface area contributed by atoms with Crippen LogP contribution in [-0.2, 0) is 22.3 Å². The highest BCUT2D eigenvalue weighted by atomic mass is 32.1. The lowest BCUT2D eigenvalue weighted by Gasteiger charge is -2.08. The van der Waals surface area contributed by atoms with Gasteiger partial charge in [0.15, 0.2) is 0 Å². The van der Waals surface area contributed by atoms with E-state index in [2.05, 4.69) is 22.8 Å². The molecule has 2 aromatic rings. The minimum Gasteiger partial charge on any atom is -0.449 e. The van der Waals surface area contributed by atoms with Crippen LogP contribution >= 0.6 is 22.7 Å². The van der Waals surface area contributed by atoms with E-state index in [0.717, 1.165) is 61.4 Å². The standard InChI is InChI=1S/C22H32N2O4S2/c1-3-13-27-21(25)23-19-17(11-15-29-19)9-7-5-6-8-10-18-12-16-30-20(18)24-22(26)28-14-4-2/h11-12,15-16H,3-10,13-14H2,1-2H3,(H,23,25)(H,24,26). The number of anilines is 2. The first-order valence-corrected chi connectivity index (χ1v) is 12.4. The molecule has 0 aliphatic rings. The summed E-state index contributed by atoms with van der Waals surface area (Å²) >= 11 is 3.07. The number of carbonyl (C=O) groups excluding carboxylic acids is 2. The van der Waals surface area contributed by atoms with Crippen molar-refractivity contribution < 1.29 is 19.1 Å². The number of aryl methyl sites for hydroxylation is 2. The highest BCUT2D eigenvalue weighted by Crippen LogP contribution is 2.27. The van der Waals surface area contributed by atoms with Gasteiger partial charge in [-0.15, -0.1) is 22.7 Å². The molecule has 0 spiro atoms. The van der Waals surface area contributed by atoms with Gasteiger partial charge in [-0.3, -0.25) is 10.6 Å². The van der Waals surface area contributed by atoms with E-state index >= 15 is 0 Å². The van der Waals surface area contributed by atoms with E-state index in [1.54, 1.807) is 0 Å². The second kappa shape index (κ2) is 14.0. The molecule has 0 bridgehead atoms. The summed E-state index contributed by atoms with van der Waals surface area (Å²) in [6.07, 6.45) is 7.18. The molecule has 0 radical (unpaired) electrons. The average Bonchev–Trinajstić information content (AvgIpc) is 3.36. The van der Waals surface area contributed by atoms with E-state index in [0.29, 0.717) is 13.2 Å². The van der Waals surface area contributed by atoms with Crippen molar-refractivity contribution in [2.75, 3.05) is 23.8 Å². The van der Waals surface area contributed by atoms with Crippen LogP contribution in [0.1, 0.15) is 63.5 Å². The molecule has 8 heteroatoms. The first kappa shape index (κ1) is 24.2. The van der Waals surface area contributed by atoms with E-state index in [-0.39, 0.29) is 12.2 Å². The maximum Gasteiger partial charge on any atom is 0.412 e. The SMILES string of the molecule is CCCOC(=O)Nc1sccc1CCCCCCc1ccsc1NC(=O)OCCC. The number of unbranched alkanes of at least 4 members (excludes halogenated alkanes) is 3. The lowest BCUT2D eigenvalue weighted by Crippen LogP contribution is -2.14. The van der Waals surface area contributed by atoms with Crippen LogP contribution in [0.2, 0.25) is 0 Å². The fourth-order valence-electron chi connectivity index (χ4n) is 2.92. The number of thiophene rings is 2. The van der Waals surface area contributed by atoms with Gasteiger partial charge in [0.25, 0.3) is 0 Å². The highest BCUT2D eigenvalue weighted by molar-refractivity contribution is 7.14. The summed E-state index contributed by atoms with van der Waals surface area (Å²) in [5, 5.41) is 11.5. The third-order valence-electron chi connectivity index (χ3n) is 4.44. The minimum absolute atomic E-state index is 0.376. The van der Waals surface area contributed by atoms with Gasteiger partial charge < -0.3 is 9.47 Å². The number of amides is 2. The van der Waals surface area contributed by atoms with Gasteiger partial charge in [-0.25, -0.2) is 9.59 Å². The van der Waals surface area contributed by atoms with Crippen LogP contribution in [0, 0.1) is 0 Å². The van der Waals surface area contributed by atoms with Crippen LogP contribution in [0.4, 0.5) is 19.6 Å². The molecule has 0 unspecified atom stereocenters. The van der Waals surface area contributed by atoms with Gasteiger partial charge in [-0.1, -0.05) is 26.7 Å². The lowest BCUT2D eigenvalue weighted by molar-refractivity contribution is 0.161. The van der Waals surface area contributed by atoms with Crippen LogP contribution in [0.25, 0.3) is 0 Å². The van der Waals surface area contributed by atoms with Gasteiger partial charge >= 0.3 is 12.2 Å². The molecule has 6 nitrogen and oxygen atoms in total. The molecule has 2 amide bonds. The second-order valence-corrected chi connectivity index (χ2v) is 8.82. The molecule has 0 aliphatic carbocycles. The normalized spacial score (nSPS) is 10.6. The zero-order valence-corrected chi connectivity index (χ0v) is 19.5. The van der Waals surface area contributed by atoms with E-state index in [9.17, 15) is 9.59 Å². The Morgan fingerprint density at radius 1 is 0.767 bits per heavy atom. The summed E-state index contributed by atoms with van der Waals surface area (Å²) in [5.41, 5.74) is 2.34. The van der Waals surface area contributed by atoms with Crippen molar-refractivity contribution in [2.24, 2.45) is 0 Å². The molecule has 2 aromatic heterocycles. The van der Waals surface area contributed by atoms with Crippen molar-refractivity contribution in [3.8, 4) is 0 Å². The number of carbonyl (C=O) groups is 2. The Morgan fingerprint density at radius 2 is 1.20 bits per heavy atom. The third-order valence-corrected chi connectivity index (χ3v) is 6.19. The van der Waals surface area contributed by atoms with Crippen LogP contribution in [0.5, 0.6) is 0 Å². The van der Waals surface area contributed by atoms with Crippen molar-refractivity contribution >= 4 is 44.9 Å². The number of nitrogens with one attached hydrogen (secondary N) is 2. The van der Waals surface area contributed by atoms with Gasteiger partial charge in [0, 0.05) is 0 Å². The van der Waals surface area contributed by atoms with Gasteiger partial charge in [0.2, 0.25) is 0 Å². The topological polar surface area (TPSA) is 76.7 Å². The maximum absolute atomic E-state index is 11.7. The summed E-state index contributed by atoms with van der Waals surface area (Å²) < 4.78 is 10.2. The fraction of sp³-hybridized carbons (Fsp3) is 0.545. The Balaban J connectivity index is 1.64. The molecular formula is C22H32N2O4S2. The molecule has 0 atom stereocenters. The zero-order chi connectivity index (χ0) is 21.6. The smallest absolute Gasteiger partial charge is 0.412 e. The van der Waals surface area contributed by atoms with Crippen molar-refractivity contribution in [1.29, 1.82) is 0 Å². The number of ether oxygens (including phenoxy) is 2. The van der Waals surface area contributed by atoms with Gasteiger partial charge in [0.1, 0.15) is 10.0 Å². The van der Waals surface area contributed by atoms with E-state index < -0.39 is 0 Å². The number of rotatable bonds is 13. The van der Waals surface area contributed by atoms with E-state index in [4.69, 9.17) is 9.47 Å². The van der Waals surface area contributed by atoms with Gasteiger partial charge in [-0.2, -0.15) is 0 Å². The van der Waals surface area contributed by atoms with Crippen LogP contribution in [0.3, 0.4) is 0 Å². The molecule has 0 saturated heterocycles. The van der Waals surface area contributed by atoms with Gasteiger partial charge in [-0.05, 0) is 72.5 Å². The van der Waals surface area contributed by atoms with Crippen molar-refractivity contribution in [2.45, 2.75) is 65.2 Å². The second-order valence-electron chi connectivity index (χ2n) is 6.99. The summed E-state index contributed by atoms with van der Waals surface area (Å²) in [5.74, 6) is 0.